The molecule has 5 heteroatoms. The van der Waals surface area contributed by atoms with E-state index in [1.165, 1.54) is 7.05 Å². The van der Waals surface area contributed by atoms with Crippen molar-refractivity contribution in [2.45, 2.75) is 0 Å². The summed E-state index contributed by atoms with van der Waals surface area (Å²) in [5, 5.41) is 6.07. The molecular weight excluding hydrogens is 204 g/mol. The Hall–Kier alpha value is -2.30. The van der Waals surface area contributed by atoms with Gasteiger partial charge in [-0.25, -0.2) is 9.80 Å². The highest BCUT2D eigenvalue weighted by molar-refractivity contribution is 5.99. The van der Waals surface area contributed by atoms with Crippen LogP contribution in [-0.2, 0) is 0 Å². The van der Waals surface area contributed by atoms with E-state index >= 15 is 0 Å². The number of nitrogens with two attached hydrogens (primary N) is 1. The summed E-state index contributed by atoms with van der Waals surface area (Å²) in [4.78, 5) is 13.9. The van der Waals surface area contributed by atoms with E-state index in [0.717, 1.165) is 21.5 Å². The van der Waals surface area contributed by atoms with Gasteiger partial charge in [-0.15, -0.1) is 0 Å². The van der Waals surface area contributed by atoms with E-state index in [1.54, 1.807) is 6.21 Å². The van der Waals surface area contributed by atoms with Gasteiger partial charge in [0.05, 0.1) is 6.21 Å². The highest BCUT2D eigenvalue weighted by Crippen LogP contribution is 2.15. The number of hydrogen-bond donors (Lipinski definition) is 2. The van der Waals surface area contributed by atoms with Crippen LogP contribution < -0.4 is 5.73 Å². The Bertz CT molecular complexity index is 544. The maximum absolute atomic E-state index is 10.7. The number of nitrogens with zero attached hydrogens (tertiary/aromatic N) is 2. The molecule has 0 fully saturated rings. The number of urea groups is 1. The fraction of sp³-hybridized carbons (Fsp3) is 0.0909. The number of carbonyl (C=O) groups is 1. The molecule has 2 rings (SSSR count). The predicted octanol–water partition coefficient (Wildman–Crippen LogP) is 1.51. The Kier molecular flexibility index (Phi) is 2.59. The lowest BCUT2D eigenvalue weighted by molar-refractivity contribution is 0.220. The van der Waals surface area contributed by atoms with Gasteiger partial charge in [-0.1, -0.05) is 18.2 Å². The number of H-pyrrole nitrogens is 1. The van der Waals surface area contributed by atoms with Gasteiger partial charge in [-0.05, 0) is 6.07 Å². The fourth-order valence-electron chi connectivity index (χ4n) is 1.41. The molecule has 0 unspecified atom stereocenters. The molecule has 0 aliphatic carbocycles. The van der Waals surface area contributed by atoms with Crippen molar-refractivity contribution in [3.05, 3.63) is 36.0 Å². The zero-order valence-corrected chi connectivity index (χ0v) is 8.84. The number of carbonyl (C=O) groups excluding carboxylic acids is 1. The highest BCUT2D eigenvalue weighted by Gasteiger charge is 2.01. The summed E-state index contributed by atoms with van der Waals surface area (Å²) in [5.41, 5.74) is 7.01. The lowest BCUT2D eigenvalue weighted by Gasteiger charge is -2.04. The van der Waals surface area contributed by atoms with Crippen molar-refractivity contribution in [3.63, 3.8) is 0 Å². The van der Waals surface area contributed by atoms with Gasteiger partial charge in [-0.3, -0.25) is 0 Å². The third-order valence-corrected chi connectivity index (χ3v) is 2.31. The van der Waals surface area contributed by atoms with Crippen LogP contribution in [0.2, 0.25) is 0 Å². The van der Waals surface area contributed by atoms with Gasteiger partial charge >= 0.3 is 6.03 Å². The summed E-state index contributed by atoms with van der Waals surface area (Å²) in [5.74, 6) is 0. The molecule has 2 amide bonds. The first kappa shape index (κ1) is 10.2. The molecule has 1 heterocycles. The van der Waals surface area contributed by atoms with E-state index in [0.29, 0.717) is 0 Å². The maximum atomic E-state index is 10.7. The van der Waals surface area contributed by atoms with Gasteiger partial charge in [0.15, 0.2) is 0 Å². The van der Waals surface area contributed by atoms with Crippen molar-refractivity contribution in [2.24, 2.45) is 10.8 Å². The van der Waals surface area contributed by atoms with Gasteiger partial charge in [0, 0.05) is 29.7 Å². The molecule has 0 saturated heterocycles. The first-order valence-electron chi connectivity index (χ1n) is 4.82. The Morgan fingerprint density at radius 2 is 2.25 bits per heavy atom. The lowest BCUT2D eigenvalue weighted by Crippen LogP contribution is -2.27. The van der Waals surface area contributed by atoms with Gasteiger partial charge in [-0.2, -0.15) is 5.10 Å². The number of aromatic amines is 1. The summed E-state index contributed by atoms with van der Waals surface area (Å²) in [6.07, 6.45) is 3.44. The number of amides is 2. The standard InChI is InChI=1S/C11H12N4O/c1-15(11(12)16)14-7-8-6-13-10-5-3-2-4-9(8)10/h2-7,13H,1H3,(H2,12,16). The molecule has 0 bridgehead atoms. The Labute approximate surface area is 92.5 Å². The normalized spacial score (nSPS) is 11.1. The summed E-state index contributed by atoms with van der Waals surface area (Å²) in [7, 11) is 1.51. The highest BCUT2D eigenvalue weighted by atomic mass is 16.2. The molecule has 0 radical (unpaired) electrons. The number of hydrogen-bond acceptors (Lipinski definition) is 2. The molecule has 5 nitrogen and oxygen atoms in total. The Morgan fingerprint density at radius 3 is 3.00 bits per heavy atom. The summed E-state index contributed by atoms with van der Waals surface area (Å²) < 4.78 is 0. The molecule has 2 aromatic rings. The number of hydrazone groups is 1. The van der Waals surface area contributed by atoms with Crippen LogP contribution >= 0.6 is 0 Å². The van der Waals surface area contributed by atoms with Crippen LogP contribution in [0, 0.1) is 0 Å². The predicted molar refractivity (Wildman–Crippen MR) is 63.2 cm³/mol. The molecule has 82 valence electrons. The van der Waals surface area contributed by atoms with Crippen LogP contribution in [0.4, 0.5) is 4.79 Å². The monoisotopic (exact) mass is 216 g/mol. The summed E-state index contributed by atoms with van der Waals surface area (Å²) >= 11 is 0. The molecule has 1 aromatic heterocycles. The molecule has 1 aromatic carbocycles. The quantitative estimate of drug-likeness (QED) is 0.579. The summed E-state index contributed by atoms with van der Waals surface area (Å²) in [6, 6.07) is 7.28. The van der Waals surface area contributed by atoms with Crippen molar-refractivity contribution in [3.8, 4) is 0 Å². The third-order valence-electron chi connectivity index (χ3n) is 2.31. The Morgan fingerprint density at radius 1 is 1.50 bits per heavy atom. The van der Waals surface area contributed by atoms with E-state index in [-0.39, 0.29) is 0 Å². The number of aromatic nitrogens is 1. The smallest absolute Gasteiger partial charge is 0.334 e. The van der Waals surface area contributed by atoms with Crippen molar-refractivity contribution in [2.75, 3.05) is 7.05 Å². The van der Waals surface area contributed by atoms with Gasteiger partial charge in [0.25, 0.3) is 0 Å². The second kappa shape index (κ2) is 4.06. The van der Waals surface area contributed by atoms with E-state index in [2.05, 4.69) is 10.1 Å². The lowest BCUT2D eigenvalue weighted by atomic mass is 10.2. The zero-order valence-electron chi connectivity index (χ0n) is 8.84. The first-order valence-corrected chi connectivity index (χ1v) is 4.82. The van der Waals surface area contributed by atoms with Crippen molar-refractivity contribution >= 4 is 23.1 Å². The number of para-hydroxylation sites is 1. The van der Waals surface area contributed by atoms with E-state index in [9.17, 15) is 4.79 Å². The minimum Gasteiger partial charge on any atom is -0.361 e. The number of nitrogens with one attached hydrogen (secondary N) is 1. The molecule has 0 aliphatic rings. The second-order valence-corrected chi connectivity index (χ2v) is 3.40. The van der Waals surface area contributed by atoms with Crippen LogP contribution in [-0.4, -0.2) is 29.3 Å². The van der Waals surface area contributed by atoms with E-state index in [4.69, 9.17) is 5.73 Å². The first-order chi connectivity index (χ1) is 7.68. The van der Waals surface area contributed by atoms with Gasteiger partial charge in [0.2, 0.25) is 0 Å². The van der Waals surface area contributed by atoms with Crippen LogP contribution in [0.15, 0.2) is 35.6 Å². The molecule has 16 heavy (non-hydrogen) atoms. The maximum Gasteiger partial charge on any atom is 0.334 e. The van der Waals surface area contributed by atoms with Gasteiger partial charge < -0.3 is 10.7 Å². The molecule has 0 aliphatic heterocycles. The van der Waals surface area contributed by atoms with Crippen LogP contribution in [0.25, 0.3) is 10.9 Å². The third kappa shape index (κ3) is 1.88. The number of primary amides is 1. The molecule has 0 atom stereocenters. The fourth-order valence-corrected chi connectivity index (χ4v) is 1.41. The topological polar surface area (TPSA) is 74.5 Å². The summed E-state index contributed by atoms with van der Waals surface area (Å²) in [6.45, 7) is 0. The average molecular weight is 216 g/mol. The molecule has 3 N–H and O–H groups in total. The molecule has 0 spiro atoms. The largest absolute Gasteiger partial charge is 0.361 e. The van der Waals surface area contributed by atoms with E-state index in [1.807, 2.05) is 30.5 Å². The van der Waals surface area contributed by atoms with Crippen molar-refractivity contribution in [1.82, 2.24) is 9.99 Å². The van der Waals surface area contributed by atoms with Crippen LogP contribution in [0.3, 0.4) is 0 Å². The SMILES string of the molecule is CN(N=Cc1c[nH]c2ccccc12)C(N)=O. The van der Waals surface area contributed by atoms with E-state index < -0.39 is 6.03 Å². The van der Waals surface area contributed by atoms with Crippen molar-refractivity contribution < 1.29 is 4.79 Å². The molecular formula is C11H12N4O. The minimum atomic E-state index is -0.587. The Balaban J connectivity index is 2.31. The number of rotatable bonds is 2. The van der Waals surface area contributed by atoms with Crippen molar-refractivity contribution in [1.29, 1.82) is 0 Å². The van der Waals surface area contributed by atoms with Crippen LogP contribution in [0.1, 0.15) is 5.56 Å². The number of fused-ring (bicyclic) bond motifs is 1. The van der Waals surface area contributed by atoms with Crippen LogP contribution in [0.5, 0.6) is 0 Å². The minimum absolute atomic E-state index is 0.587. The zero-order chi connectivity index (χ0) is 11.5. The number of benzene rings is 1. The molecule has 0 saturated carbocycles. The second-order valence-electron chi connectivity index (χ2n) is 3.40. The average Bonchev–Trinajstić information content (AvgIpc) is 2.69. The van der Waals surface area contributed by atoms with Gasteiger partial charge in [0.1, 0.15) is 0 Å².